The molecule has 6 nitrogen and oxygen atoms in total. The number of carbonyl (C=O) groups excluding carboxylic acids is 1. The van der Waals surface area contributed by atoms with E-state index in [0.717, 1.165) is 0 Å². The minimum absolute atomic E-state index is 0.173. The molecule has 3 N–H and O–H groups in total. The molecular weight excluding hydrogens is 258 g/mol. The zero-order valence-corrected chi connectivity index (χ0v) is 11.0. The van der Waals surface area contributed by atoms with Crippen LogP contribution in [-0.4, -0.2) is 24.7 Å². The van der Waals surface area contributed by atoms with Gasteiger partial charge < -0.3 is 20.4 Å². The maximum absolute atomic E-state index is 12.3. The topological polar surface area (TPSA) is 83.2 Å². The molecule has 0 spiro atoms. The molecular formula is C14H15N3O3. The van der Waals surface area contributed by atoms with Gasteiger partial charge in [0.15, 0.2) is 0 Å². The first-order valence-electron chi connectivity index (χ1n) is 6.01. The molecule has 1 aromatic heterocycles. The predicted octanol–water partition coefficient (Wildman–Crippen LogP) is 1.84. The largest absolute Gasteiger partial charge is 0.497 e. The molecule has 0 saturated heterocycles. The molecule has 0 bridgehead atoms. The summed E-state index contributed by atoms with van der Waals surface area (Å²) < 4.78 is 5.09. The number of hydrogen-bond donors (Lipinski definition) is 3. The summed E-state index contributed by atoms with van der Waals surface area (Å²) in [5.74, 6) is 0.580. The Morgan fingerprint density at radius 2 is 2.30 bits per heavy atom. The molecule has 0 radical (unpaired) electrons. The number of pyridine rings is 1. The summed E-state index contributed by atoms with van der Waals surface area (Å²) in [6, 6.07) is 4.66. The zero-order chi connectivity index (χ0) is 14.5. The van der Waals surface area contributed by atoms with E-state index in [1.807, 2.05) is 0 Å². The molecule has 6 heteroatoms. The number of fused-ring (bicyclic) bond motifs is 1. The van der Waals surface area contributed by atoms with Crippen LogP contribution in [0.4, 0.5) is 10.5 Å². The van der Waals surface area contributed by atoms with Crippen molar-refractivity contribution in [1.82, 2.24) is 10.3 Å². The van der Waals surface area contributed by atoms with Gasteiger partial charge in [0.25, 0.3) is 0 Å². The third kappa shape index (κ3) is 2.80. The highest BCUT2D eigenvalue weighted by Crippen LogP contribution is 2.17. The molecule has 2 aromatic rings. The summed E-state index contributed by atoms with van der Waals surface area (Å²) in [4.78, 5) is 26.8. The number of aromatic amines is 1. The number of aromatic nitrogens is 1. The monoisotopic (exact) mass is 273 g/mol. The lowest BCUT2D eigenvalue weighted by Gasteiger charge is -2.07. The number of rotatable bonds is 4. The van der Waals surface area contributed by atoms with E-state index in [0.29, 0.717) is 23.2 Å². The lowest BCUT2D eigenvalue weighted by molar-refractivity contribution is 0.253. The van der Waals surface area contributed by atoms with Crippen molar-refractivity contribution in [3.63, 3.8) is 0 Å². The number of benzene rings is 1. The molecule has 0 aliphatic rings. The van der Waals surface area contributed by atoms with Gasteiger partial charge in [0.05, 0.1) is 12.5 Å². The Hall–Kier alpha value is -2.76. The predicted molar refractivity (Wildman–Crippen MR) is 78.3 cm³/mol. The van der Waals surface area contributed by atoms with Crippen LogP contribution < -0.4 is 20.8 Å². The maximum Gasteiger partial charge on any atom is 0.319 e. The summed E-state index contributed by atoms with van der Waals surface area (Å²) in [7, 11) is 1.53. The van der Waals surface area contributed by atoms with Crippen molar-refractivity contribution in [2.45, 2.75) is 0 Å². The highest BCUT2D eigenvalue weighted by molar-refractivity contribution is 5.92. The fourth-order valence-corrected chi connectivity index (χ4v) is 1.75. The quantitative estimate of drug-likeness (QED) is 0.743. The van der Waals surface area contributed by atoms with Crippen LogP contribution in [0.25, 0.3) is 10.9 Å². The third-order valence-electron chi connectivity index (χ3n) is 2.74. The fourth-order valence-electron chi connectivity index (χ4n) is 1.75. The highest BCUT2D eigenvalue weighted by atomic mass is 16.5. The van der Waals surface area contributed by atoms with Crippen molar-refractivity contribution in [3.8, 4) is 5.75 Å². The van der Waals surface area contributed by atoms with Crippen molar-refractivity contribution in [2.24, 2.45) is 0 Å². The van der Waals surface area contributed by atoms with E-state index >= 15 is 0 Å². The Bertz CT molecular complexity index is 706. The number of urea groups is 1. The Balaban J connectivity index is 2.35. The van der Waals surface area contributed by atoms with Gasteiger partial charge in [-0.3, -0.25) is 4.79 Å². The standard InChI is InChI=1S/C14H15N3O3/c1-3-6-15-14(19)17-12-8-16-11-5-4-9(20-2)7-10(11)13(12)18/h3-5,7-8H,1,6H2,2H3,(H,16,18)(H2,15,17,19). The van der Waals surface area contributed by atoms with E-state index in [9.17, 15) is 9.59 Å². The number of ether oxygens (including phenoxy) is 1. The Morgan fingerprint density at radius 1 is 1.50 bits per heavy atom. The Kier molecular flexibility index (Phi) is 4.05. The number of carbonyl (C=O) groups is 1. The normalized spacial score (nSPS) is 10.1. The first-order valence-corrected chi connectivity index (χ1v) is 6.01. The number of methoxy groups -OCH3 is 1. The van der Waals surface area contributed by atoms with Gasteiger partial charge in [-0.05, 0) is 18.2 Å². The number of hydrogen-bond acceptors (Lipinski definition) is 3. The maximum atomic E-state index is 12.3. The number of amides is 2. The van der Waals surface area contributed by atoms with E-state index in [1.165, 1.54) is 13.3 Å². The van der Waals surface area contributed by atoms with Crippen LogP contribution in [0, 0.1) is 0 Å². The van der Waals surface area contributed by atoms with Crippen molar-refractivity contribution in [1.29, 1.82) is 0 Å². The summed E-state index contributed by atoms with van der Waals surface area (Å²) in [5, 5.41) is 5.48. The van der Waals surface area contributed by atoms with Crippen LogP contribution in [0.3, 0.4) is 0 Å². The molecule has 0 aliphatic carbocycles. The first-order chi connectivity index (χ1) is 9.65. The van der Waals surface area contributed by atoms with Crippen LogP contribution in [0.2, 0.25) is 0 Å². The second-order valence-corrected chi connectivity index (χ2v) is 4.07. The Labute approximate surface area is 115 Å². The molecule has 0 unspecified atom stereocenters. The minimum atomic E-state index is -0.461. The van der Waals surface area contributed by atoms with E-state index in [-0.39, 0.29) is 11.1 Å². The van der Waals surface area contributed by atoms with E-state index in [1.54, 1.807) is 24.3 Å². The highest BCUT2D eigenvalue weighted by Gasteiger charge is 2.08. The molecule has 2 rings (SSSR count). The smallest absolute Gasteiger partial charge is 0.319 e. The Morgan fingerprint density at radius 3 is 3.00 bits per heavy atom. The molecule has 0 aliphatic heterocycles. The molecule has 1 aromatic carbocycles. The van der Waals surface area contributed by atoms with Gasteiger partial charge >= 0.3 is 6.03 Å². The van der Waals surface area contributed by atoms with Crippen molar-refractivity contribution >= 4 is 22.6 Å². The number of anilines is 1. The zero-order valence-electron chi connectivity index (χ0n) is 11.0. The van der Waals surface area contributed by atoms with Crippen molar-refractivity contribution < 1.29 is 9.53 Å². The number of H-pyrrole nitrogens is 1. The summed E-state index contributed by atoms with van der Waals surface area (Å²) in [5.41, 5.74) is 0.576. The number of nitrogens with one attached hydrogen (secondary N) is 3. The molecule has 1 heterocycles. The average Bonchev–Trinajstić information content (AvgIpc) is 2.47. The van der Waals surface area contributed by atoms with Crippen LogP contribution in [-0.2, 0) is 0 Å². The van der Waals surface area contributed by atoms with Gasteiger partial charge in [-0.15, -0.1) is 6.58 Å². The van der Waals surface area contributed by atoms with Crippen LogP contribution in [0.15, 0.2) is 41.8 Å². The third-order valence-corrected chi connectivity index (χ3v) is 2.74. The van der Waals surface area contributed by atoms with Crippen LogP contribution >= 0.6 is 0 Å². The lowest BCUT2D eigenvalue weighted by atomic mass is 10.2. The fraction of sp³-hybridized carbons (Fsp3) is 0.143. The van der Waals surface area contributed by atoms with Crippen LogP contribution in [0.1, 0.15) is 0 Å². The van der Waals surface area contributed by atoms with E-state index in [2.05, 4.69) is 22.2 Å². The summed E-state index contributed by atoms with van der Waals surface area (Å²) in [6.45, 7) is 3.82. The molecule has 0 saturated carbocycles. The van der Waals surface area contributed by atoms with Gasteiger partial charge in [-0.25, -0.2) is 4.79 Å². The van der Waals surface area contributed by atoms with E-state index in [4.69, 9.17) is 4.74 Å². The van der Waals surface area contributed by atoms with Gasteiger partial charge in [0, 0.05) is 18.3 Å². The van der Waals surface area contributed by atoms with Gasteiger partial charge in [0.1, 0.15) is 11.4 Å². The molecule has 0 atom stereocenters. The van der Waals surface area contributed by atoms with Crippen molar-refractivity contribution in [3.05, 3.63) is 47.3 Å². The molecule has 2 amide bonds. The lowest BCUT2D eigenvalue weighted by Crippen LogP contribution is -2.30. The van der Waals surface area contributed by atoms with E-state index < -0.39 is 6.03 Å². The second kappa shape index (κ2) is 5.92. The first kappa shape index (κ1) is 13.7. The minimum Gasteiger partial charge on any atom is -0.497 e. The SMILES string of the molecule is C=CCNC(=O)Nc1c[nH]c2ccc(OC)cc2c1=O. The molecule has 20 heavy (non-hydrogen) atoms. The molecule has 104 valence electrons. The van der Waals surface area contributed by atoms with Gasteiger partial charge in [-0.1, -0.05) is 6.08 Å². The van der Waals surface area contributed by atoms with Crippen molar-refractivity contribution in [2.75, 3.05) is 19.0 Å². The molecule has 0 fully saturated rings. The second-order valence-electron chi connectivity index (χ2n) is 4.07. The average molecular weight is 273 g/mol. The summed E-state index contributed by atoms with van der Waals surface area (Å²) in [6.07, 6.45) is 3.01. The van der Waals surface area contributed by atoms with Crippen LogP contribution in [0.5, 0.6) is 5.75 Å². The van der Waals surface area contributed by atoms with Gasteiger partial charge in [-0.2, -0.15) is 0 Å². The van der Waals surface area contributed by atoms with Gasteiger partial charge in [0.2, 0.25) is 5.43 Å². The summed E-state index contributed by atoms with van der Waals surface area (Å²) >= 11 is 0.